The highest BCUT2D eigenvalue weighted by Gasteiger charge is 2.22. The van der Waals surface area contributed by atoms with Gasteiger partial charge in [-0.2, -0.15) is 0 Å². The molecule has 1 aromatic carbocycles. The van der Waals surface area contributed by atoms with Gasteiger partial charge in [0.2, 0.25) is 0 Å². The Morgan fingerprint density at radius 1 is 1.29 bits per heavy atom. The predicted octanol–water partition coefficient (Wildman–Crippen LogP) is 1.58. The van der Waals surface area contributed by atoms with Crippen LogP contribution in [0.5, 0.6) is 5.75 Å². The molecule has 2 N–H and O–H groups in total. The van der Waals surface area contributed by atoms with Gasteiger partial charge in [-0.25, -0.2) is 4.79 Å². The lowest BCUT2D eigenvalue weighted by Gasteiger charge is -2.24. The molecule has 6 nitrogen and oxygen atoms in total. The number of aromatic nitrogens is 2. The van der Waals surface area contributed by atoms with Crippen LogP contribution in [0.15, 0.2) is 34.0 Å². The second-order valence-electron chi connectivity index (χ2n) is 6.17. The Hall–Kier alpha value is -2.59. The molecule has 0 fully saturated rings. The fourth-order valence-corrected chi connectivity index (χ4v) is 2.39. The van der Waals surface area contributed by atoms with Crippen LogP contribution in [0.25, 0.3) is 5.69 Å². The molecule has 1 heterocycles. The summed E-state index contributed by atoms with van der Waals surface area (Å²) in [4.78, 5) is 25.6. The van der Waals surface area contributed by atoms with Crippen molar-refractivity contribution in [1.82, 2.24) is 14.3 Å². The second-order valence-corrected chi connectivity index (χ2v) is 6.39. The molecule has 7 heteroatoms. The number of benzene rings is 1. The van der Waals surface area contributed by atoms with E-state index in [-0.39, 0.29) is 5.41 Å². The van der Waals surface area contributed by atoms with Crippen molar-refractivity contribution in [3.8, 4) is 23.4 Å². The van der Waals surface area contributed by atoms with Crippen LogP contribution in [0.3, 0.4) is 0 Å². The van der Waals surface area contributed by atoms with E-state index in [1.807, 2.05) is 26.8 Å². The van der Waals surface area contributed by atoms with Crippen LogP contribution in [-0.2, 0) is 5.41 Å². The minimum absolute atomic E-state index is 0.238. The minimum Gasteiger partial charge on any atom is -0.495 e. The Morgan fingerprint density at radius 3 is 2.54 bits per heavy atom. The Bertz CT molecular complexity index is 927. The first kappa shape index (κ1) is 17.8. The van der Waals surface area contributed by atoms with Gasteiger partial charge < -0.3 is 4.74 Å². The van der Waals surface area contributed by atoms with Gasteiger partial charge in [-0.1, -0.05) is 33.6 Å². The summed E-state index contributed by atoms with van der Waals surface area (Å²) in [5, 5.41) is 0. The van der Waals surface area contributed by atoms with Gasteiger partial charge in [0.1, 0.15) is 5.75 Å². The quantitative estimate of drug-likeness (QED) is 0.439. The lowest BCUT2D eigenvalue weighted by molar-refractivity contribution is 0.396. The predicted molar refractivity (Wildman–Crippen MR) is 96.9 cm³/mol. The zero-order valence-corrected chi connectivity index (χ0v) is 14.8. The maximum Gasteiger partial charge on any atom is 0.332 e. The second kappa shape index (κ2) is 6.89. The van der Waals surface area contributed by atoms with E-state index in [1.54, 1.807) is 13.2 Å². The molecule has 0 aliphatic heterocycles. The van der Waals surface area contributed by atoms with Crippen LogP contribution < -0.4 is 20.7 Å². The number of nitrogens with zero attached hydrogens (tertiary/aromatic N) is 1. The number of hydrogen-bond acceptors (Lipinski definition) is 5. The summed E-state index contributed by atoms with van der Waals surface area (Å²) in [6.07, 6.45) is 1.43. The van der Waals surface area contributed by atoms with E-state index in [9.17, 15) is 9.59 Å². The molecule has 0 spiro atoms. The summed E-state index contributed by atoms with van der Waals surface area (Å²) in [7, 11) is 1.58. The molecule has 0 aliphatic carbocycles. The number of H-pyrrole nitrogens is 1. The topological polar surface area (TPSA) is 76.1 Å². The summed E-state index contributed by atoms with van der Waals surface area (Å²) in [6.45, 7) is 6.12. The third-order valence-corrected chi connectivity index (χ3v) is 3.55. The van der Waals surface area contributed by atoms with Gasteiger partial charge in [0.25, 0.3) is 5.56 Å². The average Bonchev–Trinajstić information content (AvgIpc) is 2.51. The van der Waals surface area contributed by atoms with Gasteiger partial charge >= 0.3 is 5.69 Å². The van der Waals surface area contributed by atoms with Crippen LogP contribution in [0.1, 0.15) is 31.9 Å². The van der Waals surface area contributed by atoms with Gasteiger partial charge in [0.15, 0.2) is 0 Å². The molecule has 0 amide bonds. The van der Waals surface area contributed by atoms with E-state index >= 15 is 0 Å². The normalized spacial score (nSPS) is 10.7. The Labute approximate surface area is 145 Å². The number of ether oxygens (including phenoxy) is 1. The van der Waals surface area contributed by atoms with E-state index in [1.165, 1.54) is 16.8 Å². The van der Waals surface area contributed by atoms with Gasteiger partial charge in [-0.15, -0.1) is 0 Å². The summed E-state index contributed by atoms with van der Waals surface area (Å²) in [6, 6.07) is 7.54. The fourth-order valence-electron chi connectivity index (χ4n) is 2.34. The van der Waals surface area contributed by atoms with Gasteiger partial charge in [0.05, 0.1) is 18.4 Å². The SMILES string of the molecule is COc1c(C#CNS)cc(-n2ccc(=O)[nH]c2=O)cc1C(C)(C)C. The first-order chi connectivity index (χ1) is 11.3. The van der Waals surface area contributed by atoms with Gasteiger partial charge in [-0.3, -0.25) is 19.1 Å². The van der Waals surface area contributed by atoms with E-state index < -0.39 is 11.2 Å². The molecule has 0 unspecified atom stereocenters. The number of rotatable bonds is 2. The van der Waals surface area contributed by atoms with Crippen molar-refractivity contribution >= 4 is 12.8 Å². The van der Waals surface area contributed by atoms with E-state index in [2.05, 4.69) is 34.5 Å². The molecule has 0 saturated carbocycles. The van der Waals surface area contributed by atoms with E-state index in [0.29, 0.717) is 17.0 Å². The number of aromatic amines is 1. The number of nitrogens with one attached hydrogen (secondary N) is 2. The molecule has 0 saturated heterocycles. The average molecular weight is 345 g/mol. The van der Waals surface area contributed by atoms with Crippen LogP contribution in [0, 0.1) is 12.0 Å². The monoisotopic (exact) mass is 345 g/mol. The molecular weight excluding hydrogens is 326 g/mol. The van der Waals surface area contributed by atoms with Crippen molar-refractivity contribution in [3.63, 3.8) is 0 Å². The molecule has 0 bridgehead atoms. The Kier molecular flexibility index (Phi) is 5.10. The molecular formula is C17H19N3O3S. The maximum atomic E-state index is 12.1. The molecule has 24 heavy (non-hydrogen) atoms. The fraction of sp³-hybridized carbons (Fsp3) is 0.294. The first-order valence-electron chi connectivity index (χ1n) is 7.23. The van der Waals surface area contributed by atoms with Crippen LogP contribution in [0.4, 0.5) is 0 Å². The van der Waals surface area contributed by atoms with Crippen molar-refractivity contribution < 1.29 is 4.74 Å². The highest BCUT2D eigenvalue weighted by molar-refractivity contribution is 7.78. The molecule has 126 valence electrons. The molecule has 0 aliphatic rings. The van der Waals surface area contributed by atoms with E-state index in [4.69, 9.17) is 4.74 Å². The van der Waals surface area contributed by atoms with Gasteiger partial charge in [0, 0.05) is 23.9 Å². The third-order valence-electron chi connectivity index (χ3n) is 3.44. The number of thiol groups is 1. The smallest absolute Gasteiger partial charge is 0.332 e. The number of methoxy groups -OCH3 is 1. The lowest BCUT2D eigenvalue weighted by Crippen LogP contribution is -2.28. The summed E-state index contributed by atoms with van der Waals surface area (Å²) < 4.78 is 9.36. The third kappa shape index (κ3) is 3.66. The summed E-state index contributed by atoms with van der Waals surface area (Å²) in [5.74, 6) is 3.56. The van der Waals surface area contributed by atoms with E-state index in [0.717, 1.165) is 5.56 Å². The van der Waals surface area contributed by atoms with Crippen molar-refractivity contribution in [2.75, 3.05) is 7.11 Å². The summed E-state index contributed by atoms with van der Waals surface area (Å²) in [5.41, 5.74) is 0.894. The minimum atomic E-state index is -0.515. The van der Waals surface area contributed by atoms with Gasteiger partial charge in [-0.05, 0) is 23.5 Å². The standard InChI is InChI=1S/C17H19N3O3S/c1-17(2,3)13-10-12(20-8-6-14(21)19-16(20)22)9-11(5-7-18-24)15(13)23-4/h6,8-10,18,24H,1-4H3,(H,19,21,22). The Morgan fingerprint density at radius 2 is 2.00 bits per heavy atom. The first-order valence-corrected chi connectivity index (χ1v) is 7.67. The van der Waals surface area contributed by atoms with Crippen LogP contribution >= 0.6 is 12.8 Å². The molecule has 0 atom stereocenters. The highest BCUT2D eigenvalue weighted by Crippen LogP contribution is 2.35. The zero-order chi connectivity index (χ0) is 17.9. The number of hydrogen-bond donors (Lipinski definition) is 3. The molecule has 2 aromatic rings. The van der Waals surface area contributed by atoms with Crippen molar-refractivity contribution in [2.45, 2.75) is 26.2 Å². The highest BCUT2D eigenvalue weighted by atomic mass is 32.1. The van der Waals surface area contributed by atoms with Crippen LogP contribution in [-0.4, -0.2) is 16.7 Å². The maximum absolute atomic E-state index is 12.1. The van der Waals surface area contributed by atoms with Crippen molar-refractivity contribution in [3.05, 3.63) is 56.4 Å². The Balaban J connectivity index is 2.82. The lowest BCUT2D eigenvalue weighted by atomic mass is 9.84. The largest absolute Gasteiger partial charge is 0.495 e. The molecule has 1 aromatic heterocycles. The van der Waals surface area contributed by atoms with Crippen LogP contribution in [0.2, 0.25) is 0 Å². The van der Waals surface area contributed by atoms with Crippen molar-refractivity contribution in [2.24, 2.45) is 0 Å². The zero-order valence-electron chi connectivity index (χ0n) is 13.9. The van der Waals surface area contributed by atoms with Crippen molar-refractivity contribution in [1.29, 1.82) is 0 Å². The molecule has 0 radical (unpaired) electrons. The molecule has 2 rings (SSSR count). The summed E-state index contributed by atoms with van der Waals surface area (Å²) >= 11 is 3.86.